The minimum absolute atomic E-state index is 0.246. The zero-order valence-electron chi connectivity index (χ0n) is 9.22. The number of hydrogen-bond acceptors (Lipinski definition) is 3. The van der Waals surface area contributed by atoms with Gasteiger partial charge in [-0.05, 0) is 5.56 Å². The van der Waals surface area contributed by atoms with Crippen LogP contribution in [0.15, 0.2) is 30.3 Å². The van der Waals surface area contributed by atoms with Crippen molar-refractivity contribution < 1.29 is 13.9 Å². The molecule has 1 aromatic carbocycles. The summed E-state index contributed by atoms with van der Waals surface area (Å²) in [7, 11) is -3.42. The number of rotatable bonds is 1. The normalized spacial score (nSPS) is 33.6. The van der Waals surface area contributed by atoms with Gasteiger partial charge in [-0.3, -0.25) is 0 Å². The largest absolute Gasteiger partial charge is 0.617 e. The second kappa shape index (κ2) is 4.25. The molecule has 1 aromatic rings. The first-order chi connectivity index (χ1) is 7.41. The van der Waals surface area contributed by atoms with Gasteiger partial charge in [0.2, 0.25) is 0 Å². The zero-order chi connectivity index (χ0) is 11.8. The van der Waals surface area contributed by atoms with E-state index < -0.39 is 7.30 Å². The van der Waals surface area contributed by atoms with E-state index in [0.717, 1.165) is 5.56 Å². The predicted octanol–water partition coefficient (Wildman–Crippen LogP) is 3.08. The minimum atomic E-state index is -3.42. The number of benzene rings is 1. The lowest BCUT2D eigenvalue weighted by Crippen LogP contribution is -2.36. The Morgan fingerprint density at radius 3 is 2.62 bits per heavy atom. The third-order valence-corrected chi connectivity index (χ3v) is 4.07. The van der Waals surface area contributed by atoms with Crippen LogP contribution in [0.2, 0.25) is 0 Å². The summed E-state index contributed by atoms with van der Waals surface area (Å²) < 4.78 is 10.4. The SMILES string of the molecule is CC1(C)CO[P+]([O-])(Cl)O[C@H]1c1ccccc1. The lowest BCUT2D eigenvalue weighted by Gasteiger charge is -2.40. The summed E-state index contributed by atoms with van der Waals surface area (Å²) in [5.41, 5.74) is 0.723. The van der Waals surface area contributed by atoms with Gasteiger partial charge in [-0.25, -0.2) is 0 Å². The van der Waals surface area contributed by atoms with Crippen LogP contribution in [0, 0.1) is 5.41 Å². The molecule has 1 unspecified atom stereocenters. The van der Waals surface area contributed by atoms with Gasteiger partial charge < -0.3 is 4.89 Å². The van der Waals surface area contributed by atoms with Crippen molar-refractivity contribution in [2.75, 3.05) is 6.61 Å². The van der Waals surface area contributed by atoms with Gasteiger partial charge in [0.1, 0.15) is 12.7 Å². The molecule has 0 radical (unpaired) electrons. The van der Waals surface area contributed by atoms with Crippen LogP contribution in [-0.4, -0.2) is 6.61 Å². The molecule has 0 spiro atoms. The van der Waals surface area contributed by atoms with Crippen LogP contribution < -0.4 is 4.89 Å². The maximum absolute atomic E-state index is 11.6. The van der Waals surface area contributed by atoms with Crippen LogP contribution in [0.25, 0.3) is 0 Å². The van der Waals surface area contributed by atoms with Gasteiger partial charge in [-0.2, -0.15) is 9.05 Å². The lowest BCUT2D eigenvalue weighted by atomic mass is 9.83. The number of halogens is 1. The van der Waals surface area contributed by atoms with Crippen LogP contribution in [0.1, 0.15) is 25.5 Å². The highest BCUT2D eigenvalue weighted by atomic mass is 35.7. The van der Waals surface area contributed by atoms with Gasteiger partial charge in [0.25, 0.3) is 0 Å². The molecule has 1 fully saturated rings. The molecule has 2 atom stereocenters. The zero-order valence-corrected chi connectivity index (χ0v) is 10.9. The molecule has 0 aromatic heterocycles. The van der Waals surface area contributed by atoms with Crippen molar-refractivity contribution in [3.05, 3.63) is 35.9 Å². The molecule has 0 bridgehead atoms. The van der Waals surface area contributed by atoms with Gasteiger partial charge in [0.05, 0.1) is 0 Å². The fourth-order valence-corrected chi connectivity index (χ4v) is 3.35. The van der Waals surface area contributed by atoms with E-state index >= 15 is 0 Å². The average molecular weight is 261 g/mol. The monoisotopic (exact) mass is 260 g/mol. The first-order valence-electron chi connectivity index (χ1n) is 5.08. The highest BCUT2D eigenvalue weighted by molar-refractivity contribution is 7.85. The van der Waals surface area contributed by atoms with Crippen molar-refractivity contribution in [2.24, 2.45) is 5.41 Å². The molecule has 16 heavy (non-hydrogen) atoms. The second-order valence-corrected chi connectivity index (χ2v) is 7.16. The fourth-order valence-electron chi connectivity index (χ4n) is 1.76. The van der Waals surface area contributed by atoms with E-state index in [1.54, 1.807) is 0 Å². The second-order valence-electron chi connectivity index (χ2n) is 4.59. The van der Waals surface area contributed by atoms with Crippen LogP contribution in [0.4, 0.5) is 0 Å². The molecule has 0 saturated carbocycles. The summed E-state index contributed by atoms with van der Waals surface area (Å²) in [6.45, 7) is 4.33. The van der Waals surface area contributed by atoms with Gasteiger partial charge in [-0.15, -0.1) is 0 Å². The predicted molar refractivity (Wildman–Crippen MR) is 62.8 cm³/mol. The minimum Gasteiger partial charge on any atom is -0.617 e. The Morgan fingerprint density at radius 1 is 1.38 bits per heavy atom. The molecule has 88 valence electrons. The molecule has 1 aliphatic heterocycles. The van der Waals surface area contributed by atoms with Crippen molar-refractivity contribution in [3.63, 3.8) is 0 Å². The summed E-state index contributed by atoms with van der Waals surface area (Å²) in [4.78, 5) is 11.6. The molecular weight excluding hydrogens is 247 g/mol. The maximum Gasteiger partial charge on any atom is 0.338 e. The van der Waals surface area contributed by atoms with Crippen LogP contribution >= 0.6 is 18.5 Å². The van der Waals surface area contributed by atoms with Gasteiger partial charge in [0, 0.05) is 5.41 Å². The number of hydrogen-bond donors (Lipinski definition) is 0. The van der Waals surface area contributed by atoms with E-state index in [2.05, 4.69) is 0 Å². The van der Waals surface area contributed by atoms with Crippen molar-refractivity contribution in [1.29, 1.82) is 0 Å². The molecule has 1 heterocycles. The van der Waals surface area contributed by atoms with Crippen molar-refractivity contribution >= 4 is 18.5 Å². The van der Waals surface area contributed by atoms with E-state index in [1.807, 2.05) is 44.2 Å². The van der Waals surface area contributed by atoms with Crippen molar-refractivity contribution in [3.8, 4) is 0 Å². The fraction of sp³-hybridized carbons (Fsp3) is 0.455. The Morgan fingerprint density at radius 2 is 2.00 bits per heavy atom. The summed E-state index contributed by atoms with van der Waals surface area (Å²) in [5, 5.41) is 0. The highest BCUT2D eigenvalue weighted by Gasteiger charge is 2.48. The topological polar surface area (TPSA) is 41.5 Å². The quantitative estimate of drug-likeness (QED) is 0.729. The molecular formula is C11H14ClO3P. The standard InChI is InChI=1S/C11H14ClO3P/c1-11(2)8-14-16(12,13)15-10(11)9-6-4-3-5-7-9/h3-7,10H,8H2,1-2H3/t10-,16?/m0/s1. The Kier molecular flexibility index (Phi) is 3.26. The van der Waals surface area contributed by atoms with Crippen LogP contribution in [-0.2, 0) is 9.05 Å². The summed E-state index contributed by atoms with van der Waals surface area (Å²) in [5.74, 6) is 0. The van der Waals surface area contributed by atoms with Crippen molar-refractivity contribution in [2.45, 2.75) is 20.0 Å². The average Bonchev–Trinajstić information content (AvgIpc) is 2.24. The molecule has 3 nitrogen and oxygen atoms in total. The summed E-state index contributed by atoms with van der Waals surface area (Å²) in [6, 6.07) is 9.64. The first kappa shape index (κ1) is 12.3. The molecule has 2 rings (SSSR count). The molecule has 1 aliphatic rings. The Labute approximate surface area is 101 Å². The molecule has 0 aliphatic carbocycles. The summed E-state index contributed by atoms with van der Waals surface area (Å²) in [6.07, 6.45) is -0.300. The van der Waals surface area contributed by atoms with Crippen molar-refractivity contribution in [1.82, 2.24) is 0 Å². The van der Waals surface area contributed by atoms with Gasteiger partial charge >= 0.3 is 7.30 Å². The third-order valence-electron chi connectivity index (χ3n) is 2.63. The Hall–Kier alpha value is -0.180. The van der Waals surface area contributed by atoms with E-state index in [1.165, 1.54) is 0 Å². The van der Waals surface area contributed by atoms with Crippen LogP contribution in [0.5, 0.6) is 0 Å². The highest BCUT2D eigenvalue weighted by Crippen LogP contribution is 2.66. The Bertz CT molecular complexity index is 367. The third kappa shape index (κ3) is 2.55. The Balaban J connectivity index is 2.30. The molecule has 5 heteroatoms. The molecule has 0 amide bonds. The van der Waals surface area contributed by atoms with E-state index in [-0.39, 0.29) is 11.5 Å². The van der Waals surface area contributed by atoms with E-state index in [4.69, 9.17) is 20.3 Å². The van der Waals surface area contributed by atoms with Gasteiger partial charge in [-0.1, -0.05) is 44.2 Å². The van der Waals surface area contributed by atoms with Gasteiger partial charge in [0.15, 0.2) is 11.2 Å². The maximum atomic E-state index is 11.6. The van der Waals surface area contributed by atoms with E-state index in [0.29, 0.717) is 6.61 Å². The lowest BCUT2D eigenvalue weighted by molar-refractivity contribution is -0.234. The first-order valence-corrected chi connectivity index (χ1v) is 7.53. The smallest absolute Gasteiger partial charge is 0.338 e. The molecule has 0 N–H and O–H groups in total. The van der Waals surface area contributed by atoms with E-state index in [9.17, 15) is 4.89 Å². The molecule has 1 saturated heterocycles. The van der Waals surface area contributed by atoms with Crippen LogP contribution in [0.3, 0.4) is 0 Å². The summed E-state index contributed by atoms with van der Waals surface area (Å²) >= 11 is 5.66.